The van der Waals surface area contributed by atoms with Gasteiger partial charge in [-0.3, -0.25) is 4.90 Å². The number of furan rings is 1. The molecule has 0 atom stereocenters. The van der Waals surface area contributed by atoms with Gasteiger partial charge in [-0.15, -0.1) is 0 Å². The van der Waals surface area contributed by atoms with Crippen LogP contribution in [-0.2, 0) is 11.3 Å². The van der Waals surface area contributed by atoms with Crippen molar-refractivity contribution in [2.45, 2.75) is 13.5 Å². The number of hydrogen-bond acceptors (Lipinski definition) is 5. The lowest BCUT2D eigenvalue weighted by molar-refractivity contribution is 0.0527. The van der Waals surface area contributed by atoms with E-state index in [1.54, 1.807) is 6.92 Å². The molecule has 1 N–H and O–H groups in total. The molecule has 2 aromatic rings. The molecule has 1 aliphatic rings. The first-order valence-corrected chi connectivity index (χ1v) is 8.86. The molecular formula is C17H19BrN2O5. The Labute approximate surface area is 153 Å². The van der Waals surface area contributed by atoms with Crippen LogP contribution in [0.2, 0.25) is 0 Å². The van der Waals surface area contributed by atoms with Crippen molar-refractivity contribution in [1.82, 2.24) is 9.80 Å². The maximum Gasteiger partial charge on any atom is 0.407 e. The average Bonchev–Trinajstić information content (AvgIpc) is 2.99. The minimum Gasteiger partial charge on any atom is -0.465 e. The number of carboxylic acid groups (broad SMARTS) is 1. The van der Waals surface area contributed by atoms with Crippen LogP contribution in [0.1, 0.15) is 22.8 Å². The van der Waals surface area contributed by atoms with E-state index in [2.05, 4.69) is 20.8 Å². The van der Waals surface area contributed by atoms with E-state index < -0.39 is 12.1 Å². The third-order valence-corrected chi connectivity index (χ3v) is 4.71. The highest BCUT2D eigenvalue weighted by Gasteiger charge is 2.23. The van der Waals surface area contributed by atoms with Crippen LogP contribution in [0, 0.1) is 0 Å². The van der Waals surface area contributed by atoms with Gasteiger partial charge in [0.1, 0.15) is 17.4 Å². The number of ether oxygens (including phenoxy) is 1. The number of carbonyl (C=O) groups is 2. The summed E-state index contributed by atoms with van der Waals surface area (Å²) in [7, 11) is 0. The number of piperazine rings is 1. The summed E-state index contributed by atoms with van der Waals surface area (Å²) in [4.78, 5) is 26.7. The molecule has 0 spiro atoms. The Morgan fingerprint density at radius 2 is 2.00 bits per heavy atom. The molecular weight excluding hydrogens is 392 g/mol. The third-order valence-electron chi connectivity index (χ3n) is 4.25. The maximum atomic E-state index is 12.1. The van der Waals surface area contributed by atoms with E-state index in [0.29, 0.717) is 55.9 Å². The zero-order chi connectivity index (χ0) is 18.0. The molecule has 0 unspecified atom stereocenters. The molecule has 1 fully saturated rings. The van der Waals surface area contributed by atoms with Crippen molar-refractivity contribution in [2.75, 3.05) is 32.8 Å². The summed E-state index contributed by atoms with van der Waals surface area (Å²) in [6.45, 7) is 4.98. The van der Waals surface area contributed by atoms with Gasteiger partial charge in [-0.25, -0.2) is 9.59 Å². The molecule has 1 aromatic carbocycles. The quantitative estimate of drug-likeness (QED) is 0.779. The van der Waals surface area contributed by atoms with Crippen LogP contribution in [0.15, 0.2) is 27.3 Å². The fourth-order valence-corrected chi connectivity index (χ4v) is 3.50. The molecule has 3 rings (SSSR count). The van der Waals surface area contributed by atoms with Gasteiger partial charge in [-0.05, 0) is 19.1 Å². The summed E-state index contributed by atoms with van der Waals surface area (Å²) in [6.07, 6.45) is 0.552. The Hall–Kier alpha value is -2.06. The Kier molecular flexibility index (Phi) is 5.29. The number of benzene rings is 1. The normalized spacial score (nSPS) is 15.5. The average molecular weight is 411 g/mol. The topological polar surface area (TPSA) is 83.2 Å². The Morgan fingerprint density at radius 1 is 1.28 bits per heavy atom. The largest absolute Gasteiger partial charge is 0.465 e. The summed E-state index contributed by atoms with van der Waals surface area (Å²) in [6, 6.07) is 3.81. The summed E-state index contributed by atoms with van der Waals surface area (Å²) < 4.78 is 11.6. The van der Waals surface area contributed by atoms with Crippen LogP contribution < -0.4 is 0 Å². The summed E-state index contributed by atoms with van der Waals surface area (Å²) in [5.74, 6) is -0.402. The second-order valence-electron chi connectivity index (χ2n) is 5.86. The van der Waals surface area contributed by atoms with Crippen molar-refractivity contribution in [3.05, 3.63) is 34.0 Å². The van der Waals surface area contributed by atoms with Gasteiger partial charge in [-0.2, -0.15) is 0 Å². The standard InChI is InChI=1S/C17H19BrN2O5/c1-2-24-16(21)14-10-25-15-11(7-12(18)8-13(14)15)9-19-3-5-20(6-4-19)17(22)23/h7-8,10H,2-6,9H2,1H3,(H,22,23). The van der Waals surface area contributed by atoms with Crippen molar-refractivity contribution in [3.63, 3.8) is 0 Å². The van der Waals surface area contributed by atoms with Gasteiger partial charge in [0, 0.05) is 48.1 Å². The number of halogens is 1. The Balaban J connectivity index is 1.82. The predicted octanol–water partition coefficient (Wildman–Crippen LogP) is 3.17. The molecule has 0 bridgehead atoms. The molecule has 1 aliphatic heterocycles. The zero-order valence-electron chi connectivity index (χ0n) is 13.8. The van der Waals surface area contributed by atoms with Gasteiger partial charge >= 0.3 is 12.1 Å². The van der Waals surface area contributed by atoms with E-state index in [4.69, 9.17) is 14.3 Å². The van der Waals surface area contributed by atoms with Gasteiger partial charge in [0.2, 0.25) is 0 Å². The molecule has 0 radical (unpaired) electrons. The van der Waals surface area contributed by atoms with E-state index in [1.807, 2.05) is 12.1 Å². The molecule has 25 heavy (non-hydrogen) atoms. The number of fused-ring (bicyclic) bond motifs is 1. The molecule has 8 heteroatoms. The van der Waals surface area contributed by atoms with Crippen molar-refractivity contribution >= 4 is 39.0 Å². The van der Waals surface area contributed by atoms with Crippen LogP contribution in [0.4, 0.5) is 4.79 Å². The van der Waals surface area contributed by atoms with Gasteiger partial charge in [-0.1, -0.05) is 15.9 Å². The van der Waals surface area contributed by atoms with Crippen LogP contribution >= 0.6 is 15.9 Å². The first-order chi connectivity index (χ1) is 12.0. The van der Waals surface area contributed by atoms with Gasteiger partial charge in [0.15, 0.2) is 0 Å². The first kappa shape index (κ1) is 17.8. The fraction of sp³-hybridized carbons (Fsp3) is 0.412. The molecule has 1 amide bonds. The summed E-state index contributed by atoms with van der Waals surface area (Å²) >= 11 is 3.49. The summed E-state index contributed by atoms with van der Waals surface area (Å²) in [5.41, 5.74) is 2.02. The van der Waals surface area contributed by atoms with Crippen LogP contribution in [-0.4, -0.2) is 59.8 Å². The number of esters is 1. The molecule has 2 heterocycles. The van der Waals surface area contributed by atoms with Crippen molar-refractivity contribution in [2.24, 2.45) is 0 Å². The van der Waals surface area contributed by atoms with E-state index in [-0.39, 0.29) is 0 Å². The number of amides is 1. The SMILES string of the molecule is CCOC(=O)c1coc2c(CN3CCN(C(=O)O)CC3)cc(Br)cc12. The predicted molar refractivity (Wildman–Crippen MR) is 94.7 cm³/mol. The van der Waals surface area contributed by atoms with E-state index in [9.17, 15) is 9.59 Å². The highest BCUT2D eigenvalue weighted by Crippen LogP contribution is 2.30. The van der Waals surface area contributed by atoms with Crippen molar-refractivity contribution < 1.29 is 23.8 Å². The van der Waals surface area contributed by atoms with Crippen molar-refractivity contribution in [1.29, 1.82) is 0 Å². The Bertz CT molecular complexity index is 796. The van der Waals surface area contributed by atoms with Crippen LogP contribution in [0.25, 0.3) is 11.0 Å². The molecule has 7 nitrogen and oxygen atoms in total. The third kappa shape index (κ3) is 3.80. The molecule has 134 valence electrons. The zero-order valence-corrected chi connectivity index (χ0v) is 15.4. The molecule has 0 saturated carbocycles. The van der Waals surface area contributed by atoms with Gasteiger partial charge < -0.3 is 19.2 Å². The van der Waals surface area contributed by atoms with Crippen molar-refractivity contribution in [3.8, 4) is 0 Å². The van der Waals surface area contributed by atoms with Gasteiger partial charge in [0.25, 0.3) is 0 Å². The number of hydrogen-bond donors (Lipinski definition) is 1. The molecule has 1 saturated heterocycles. The lowest BCUT2D eigenvalue weighted by Gasteiger charge is -2.33. The second-order valence-corrected chi connectivity index (χ2v) is 6.77. The monoisotopic (exact) mass is 410 g/mol. The van der Waals surface area contributed by atoms with Gasteiger partial charge in [0.05, 0.1) is 6.61 Å². The molecule has 1 aromatic heterocycles. The number of nitrogens with zero attached hydrogens (tertiary/aromatic N) is 2. The first-order valence-electron chi connectivity index (χ1n) is 8.06. The van der Waals surface area contributed by atoms with Crippen LogP contribution in [0.5, 0.6) is 0 Å². The second kappa shape index (κ2) is 7.45. The van der Waals surface area contributed by atoms with Crippen LogP contribution in [0.3, 0.4) is 0 Å². The highest BCUT2D eigenvalue weighted by molar-refractivity contribution is 9.10. The smallest absolute Gasteiger partial charge is 0.407 e. The minimum absolute atomic E-state index is 0.306. The van der Waals surface area contributed by atoms with E-state index in [1.165, 1.54) is 11.2 Å². The fourth-order valence-electron chi connectivity index (χ4n) is 2.99. The lowest BCUT2D eigenvalue weighted by Crippen LogP contribution is -2.47. The lowest BCUT2D eigenvalue weighted by atomic mass is 10.1. The summed E-state index contributed by atoms with van der Waals surface area (Å²) in [5, 5.41) is 9.75. The Morgan fingerprint density at radius 3 is 2.64 bits per heavy atom. The minimum atomic E-state index is -0.880. The van der Waals surface area contributed by atoms with E-state index >= 15 is 0 Å². The maximum absolute atomic E-state index is 12.1. The highest BCUT2D eigenvalue weighted by atomic mass is 79.9. The number of carbonyl (C=O) groups excluding carboxylic acids is 1. The number of rotatable bonds is 4. The molecule has 0 aliphatic carbocycles. The van der Waals surface area contributed by atoms with E-state index in [0.717, 1.165) is 10.0 Å².